The Morgan fingerprint density at radius 2 is 1.17 bits per heavy atom. The predicted molar refractivity (Wildman–Crippen MR) is 420 cm³/mol. The number of aliphatic hydroxyl groups is 1. The van der Waals surface area contributed by atoms with Crippen molar-refractivity contribution in [1.82, 2.24) is 74.1 Å². The lowest BCUT2D eigenvalue weighted by atomic mass is 9.95. The molecule has 0 saturated carbocycles. The first-order valence-corrected chi connectivity index (χ1v) is 37.8. The number of rotatable bonds is 32. The van der Waals surface area contributed by atoms with Crippen molar-refractivity contribution in [3.05, 3.63) is 107 Å². The molecule has 0 bridgehead atoms. The molecule has 0 aliphatic carbocycles. The normalized spacial score (nSPS) is 21.1. The molecule has 0 radical (unpaired) electrons. The molecule has 14 amide bonds. The summed E-state index contributed by atoms with van der Waals surface area (Å²) in [5.74, 6) is -26.9. The summed E-state index contributed by atoms with van der Waals surface area (Å²) in [6.45, 7) is 4.42. The van der Waals surface area contributed by atoms with Gasteiger partial charge in [-0.05, 0) is 106 Å². The SMILES string of the molecule is CCCCCc1ccc(/C(C)=C/C(=O)N[C@@H](Cc2c[nH]c3ccccc23)C(=O)N[C@H](CC(N)=O)C(=O)N[C@@H](CC(=O)O)C(=O)N[C@@H]2C(=O)NCC(=O)N[C@@H](CCCN)C(=O)N[C@@H](C)C(=O)N[C@H](C)C(=O)N[C@@H](CC(=O)O)C(=O)NCC(=O)N[C@H](CO)C(=O)N[C@@H](C(C)CC(=O)O)C(=O)N[C@@H](CC(=O)c3ccccc3NC)C(=O)O[C@@H]2C)cc1. The fourth-order valence-electron chi connectivity index (χ4n) is 12.2. The van der Waals surface area contributed by atoms with Gasteiger partial charge >= 0.3 is 23.9 Å². The van der Waals surface area contributed by atoms with Crippen molar-refractivity contribution >= 4 is 135 Å². The average molecular weight is 1650 g/mol. The second kappa shape index (κ2) is 47.0. The number of H-pyrrole nitrogens is 1. The molecular formula is C77H103N17O24. The number of para-hydroxylation sites is 2. The molecule has 640 valence electrons. The second-order valence-corrected chi connectivity index (χ2v) is 28.1. The number of aryl methyl sites for hydroxylation is 1. The minimum absolute atomic E-state index is 0.0193. The van der Waals surface area contributed by atoms with Gasteiger partial charge in [-0.2, -0.15) is 0 Å². The summed E-state index contributed by atoms with van der Waals surface area (Å²) < 4.78 is 5.75. The van der Waals surface area contributed by atoms with Gasteiger partial charge in [0.2, 0.25) is 82.7 Å². The maximum absolute atomic E-state index is 14.9. The van der Waals surface area contributed by atoms with E-state index in [9.17, 15) is 112 Å². The molecule has 23 N–H and O–H groups in total. The number of carboxylic acids is 3. The number of carbonyl (C=O) groups excluding carboxylic acids is 16. The number of esters is 1. The summed E-state index contributed by atoms with van der Waals surface area (Å²) in [4.78, 5) is 265. The fourth-order valence-corrected chi connectivity index (χ4v) is 12.2. The lowest BCUT2D eigenvalue weighted by Gasteiger charge is -2.30. The third kappa shape index (κ3) is 30.5. The number of ketones is 1. The Kier molecular flexibility index (Phi) is 38.0. The Labute approximate surface area is 676 Å². The number of primary amides is 1. The highest BCUT2D eigenvalue weighted by atomic mass is 16.5. The molecule has 2 heterocycles. The highest BCUT2D eigenvalue weighted by molar-refractivity contribution is 6.06. The number of hydrogen-bond acceptors (Lipinski definition) is 23. The van der Waals surface area contributed by atoms with E-state index in [1.54, 1.807) is 37.4 Å². The van der Waals surface area contributed by atoms with Crippen LogP contribution in [0.2, 0.25) is 0 Å². The Hall–Kier alpha value is -13.2. The van der Waals surface area contributed by atoms with Crippen LogP contribution >= 0.6 is 0 Å². The van der Waals surface area contributed by atoms with Gasteiger partial charge in [-0.1, -0.05) is 81.3 Å². The van der Waals surface area contributed by atoms with Crippen LogP contribution in [-0.4, -0.2) is 244 Å². The zero-order valence-corrected chi connectivity index (χ0v) is 66.0. The van der Waals surface area contributed by atoms with E-state index in [2.05, 4.69) is 81.0 Å². The van der Waals surface area contributed by atoms with E-state index in [0.717, 1.165) is 58.9 Å². The molecule has 41 heteroatoms. The molecule has 1 fully saturated rings. The standard InChI is InChI=1S/C77H103N17O24/c1-8-9-10-16-43-22-24-44(25-23-43)38(2)27-59(98)87-51(29-45-34-81-49-20-14-11-17-46(45)49)71(111)90-52(31-58(79)97)72(112)91-54(33-64(105)106)73(113)94-66-42(6)118-77(117)55(30-57(96)47-18-12-13-19-48(47)80-7)92-76(116)65(39(3)28-62(101)102)93-74(114)56(37-95)88-61(100)35-82-69(109)53(32-63(103)104)89-68(108)41(5)84-67(107)40(4)85-70(110)50(21-15-26-78)86-60(99)36-83-75(66)115/h11-14,17-20,22-25,27,34,39-42,50-56,65-66,80-81,95H,8-10,15-16,21,26,28-33,35-37,78H2,1-7H3,(H2,79,97)(H,82,109)(H,83,115)(H,84,107)(H,85,110)(H,86,99)(H,87,98)(H,88,100)(H,89,108)(H,90,111)(H,91,112)(H,92,116)(H,93,114)(H,94,113)(H,101,102)(H,103,104)(H,105,106)/b38-27+/t39?,40-,41+,42+,50-,51-,52+,53-,54-,55-,56+,65-,66-/m0/s1. The topological polar surface area (TPSA) is 651 Å². The Balaban J connectivity index is 1.59. The molecule has 1 aromatic heterocycles. The molecular weight excluding hydrogens is 1550 g/mol. The molecule has 13 atom stereocenters. The highest BCUT2D eigenvalue weighted by Gasteiger charge is 2.41. The molecule has 1 aliphatic rings. The van der Waals surface area contributed by atoms with Crippen molar-refractivity contribution in [3.8, 4) is 0 Å². The first-order valence-electron chi connectivity index (χ1n) is 37.8. The number of carboxylic acid groups (broad SMARTS) is 3. The number of nitrogens with one attached hydrogen (secondary N) is 15. The van der Waals surface area contributed by atoms with Crippen LogP contribution in [-0.2, 0) is 104 Å². The first kappa shape index (κ1) is 95.4. The van der Waals surface area contributed by atoms with Crippen molar-refractivity contribution in [2.24, 2.45) is 17.4 Å². The summed E-state index contributed by atoms with van der Waals surface area (Å²) in [5.41, 5.74) is 14.8. The highest BCUT2D eigenvalue weighted by Crippen LogP contribution is 2.23. The van der Waals surface area contributed by atoms with Crippen LogP contribution in [0.4, 0.5) is 5.69 Å². The summed E-state index contributed by atoms with van der Waals surface area (Å²) in [7, 11) is 1.42. The van der Waals surface area contributed by atoms with E-state index in [1.807, 2.05) is 29.6 Å². The number of ether oxygens (including phenoxy) is 1. The number of allylic oxidation sites excluding steroid dienone is 1. The van der Waals surface area contributed by atoms with Crippen molar-refractivity contribution in [3.63, 3.8) is 0 Å². The van der Waals surface area contributed by atoms with Gasteiger partial charge in [-0.3, -0.25) is 86.3 Å². The van der Waals surface area contributed by atoms with Crippen LogP contribution in [0.25, 0.3) is 16.5 Å². The second-order valence-electron chi connectivity index (χ2n) is 28.1. The van der Waals surface area contributed by atoms with Gasteiger partial charge in [0.25, 0.3) is 0 Å². The first-order chi connectivity index (χ1) is 55.9. The van der Waals surface area contributed by atoms with Gasteiger partial charge in [0.1, 0.15) is 72.6 Å². The molecule has 4 aromatic rings. The number of hydrogen-bond donors (Lipinski definition) is 21. The number of aliphatic carboxylic acids is 3. The molecule has 118 heavy (non-hydrogen) atoms. The summed E-state index contributed by atoms with van der Waals surface area (Å²) in [6, 6.07) is -1.40. The van der Waals surface area contributed by atoms with E-state index in [-0.39, 0.29) is 37.1 Å². The number of cyclic esters (lactones) is 1. The molecule has 0 spiro atoms. The zero-order valence-electron chi connectivity index (χ0n) is 66.0. The van der Waals surface area contributed by atoms with E-state index in [0.29, 0.717) is 27.6 Å². The third-order valence-electron chi connectivity index (χ3n) is 18.6. The van der Waals surface area contributed by atoms with E-state index in [4.69, 9.17) is 16.2 Å². The lowest BCUT2D eigenvalue weighted by molar-refractivity contribution is -0.156. The number of anilines is 1. The lowest BCUT2D eigenvalue weighted by Crippen LogP contribution is -2.62. The Morgan fingerprint density at radius 3 is 1.78 bits per heavy atom. The number of unbranched alkanes of at least 4 members (excludes halogenated alkanes) is 2. The number of aromatic nitrogens is 1. The summed E-state index contributed by atoms with van der Waals surface area (Å²) in [6.07, 6.45) is -1.51. The van der Waals surface area contributed by atoms with Crippen LogP contribution in [0.3, 0.4) is 0 Å². The number of carbonyl (C=O) groups is 19. The predicted octanol–water partition coefficient (Wildman–Crippen LogP) is -3.92. The molecule has 1 aliphatic heterocycles. The molecule has 1 unspecified atom stereocenters. The van der Waals surface area contributed by atoms with E-state index in [1.165, 1.54) is 37.4 Å². The maximum atomic E-state index is 14.9. The Bertz CT molecular complexity index is 4380. The van der Waals surface area contributed by atoms with Crippen molar-refractivity contribution in [2.75, 3.05) is 38.6 Å². The minimum atomic E-state index is -2.40. The van der Waals surface area contributed by atoms with Gasteiger partial charge in [-0.15, -0.1) is 0 Å². The van der Waals surface area contributed by atoms with E-state index >= 15 is 0 Å². The van der Waals surface area contributed by atoms with Crippen molar-refractivity contribution in [2.45, 2.75) is 191 Å². The smallest absolute Gasteiger partial charge is 0.329 e. The zero-order chi connectivity index (χ0) is 87.6. The van der Waals surface area contributed by atoms with Gasteiger partial charge in [-0.25, -0.2) is 4.79 Å². The van der Waals surface area contributed by atoms with Gasteiger partial charge in [0.05, 0.1) is 45.4 Å². The van der Waals surface area contributed by atoms with Gasteiger partial charge < -0.3 is 116 Å². The number of aromatic amines is 1. The summed E-state index contributed by atoms with van der Waals surface area (Å²) in [5, 5.41) is 72.6. The number of Topliss-reactive ketones (excluding diaryl/α,β-unsaturated/α-hetero) is 1. The number of nitrogens with two attached hydrogens (primary N) is 2. The number of amides is 14. The van der Waals surface area contributed by atoms with Crippen LogP contribution in [0.5, 0.6) is 0 Å². The van der Waals surface area contributed by atoms with Crippen molar-refractivity contribution in [1.29, 1.82) is 0 Å². The summed E-state index contributed by atoms with van der Waals surface area (Å²) >= 11 is 0. The molecule has 5 rings (SSSR count). The van der Waals surface area contributed by atoms with E-state index < -0.39 is 243 Å². The van der Waals surface area contributed by atoms with Crippen molar-refractivity contribution < 1.29 is 116 Å². The monoisotopic (exact) mass is 1650 g/mol. The number of aliphatic hydroxyl groups excluding tert-OH is 1. The number of fused-ring (bicyclic) bond motifs is 1. The van der Waals surface area contributed by atoms with Gasteiger partial charge in [0, 0.05) is 54.3 Å². The molecule has 1 saturated heterocycles. The average Bonchev–Trinajstić information content (AvgIpc) is 1.58. The van der Waals surface area contributed by atoms with Crippen LogP contribution in [0.15, 0.2) is 85.1 Å². The van der Waals surface area contributed by atoms with Crippen LogP contribution < -0.4 is 85.9 Å². The minimum Gasteiger partial charge on any atom is -0.481 e. The maximum Gasteiger partial charge on any atom is 0.329 e. The molecule has 3 aromatic carbocycles. The quantitative estimate of drug-likeness (QED) is 0.00961. The largest absolute Gasteiger partial charge is 0.481 e. The van der Waals surface area contributed by atoms with Crippen LogP contribution in [0.1, 0.15) is 133 Å². The fraction of sp³-hybridized carbons (Fsp3) is 0.468. The van der Waals surface area contributed by atoms with Crippen LogP contribution in [0, 0.1) is 5.92 Å². The Morgan fingerprint density at radius 1 is 0.593 bits per heavy atom. The molecule has 41 nitrogen and oxygen atoms in total. The van der Waals surface area contributed by atoms with Gasteiger partial charge in [0.15, 0.2) is 5.78 Å². The third-order valence-corrected chi connectivity index (χ3v) is 18.6. The number of benzene rings is 3.